The molecule has 0 radical (unpaired) electrons. The summed E-state index contributed by atoms with van der Waals surface area (Å²) < 4.78 is 0. The Balaban J connectivity index is 5.00. The Morgan fingerprint density at radius 2 is 1.27 bits per heavy atom. The summed E-state index contributed by atoms with van der Waals surface area (Å²) in [6.07, 6.45) is 0. The molecular formula is C16H30N4O6. The molecule has 26 heavy (non-hydrogen) atoms. The average molecular weight is 374 g/mol. The van der Waals surface area contributed by atoms with Crippen molar-refractivity contribution in [1.29, 1.82) is 0 Å². The monoisotopic (exact) mass is 374 g/mol. The van der Waals surface area contributed by atoms with Gasteiger partial charge in [0.2, 0.25) is 17.7 Å². The van der Waals surface area contributed by atoms with Gasteiger partial charge in [-0.25, -0.2) is 4.79 Å². The van der Waals surface area contributed by atoms with Crippen molar-refractivity contribution in [3.05, 3.63) is 0 Å². The van der Waals surface area contributed by atoms with E-state index >= 15 is 0 Å². The smallest absolute Gasteiger partial charge is 0.326 e. The first-order valence-electron chi connectivity index (χ1n) is 8.42. The van der Waals surface area contributed by atoms with Crippen molar-refractivity contribution >= 4 is 23.7 Å². The van der Waals surface area contributed by atoms with Gasteiger partial charge in [0.05, 0.1) is 6.61 Å². The van der Waals surface area contributed by atoms with Crippen LogP contribution in [0.25, 0.3) is 0 Å². The molecule has 3 amide bonds. The first kappa shape index (κ1) is 23.8. The second-order valence-corrected chi connectivity index (χ2v) is 6.82. The minimum atomic E-state index is -1.17. The summed E-state index contributed by atoms with van der Waals surface area (Å²) in [6.45, 7) is 7.54. The van der Waals surface area contributed by atoms with Gasteiger partial charge >= 0.3 is 5.97 Å². The van der Waals surface area contributed by atoms with Gasteiger partial charge in [0.15, 0.2) is 0 Å². The van der Waals surface area contributed by atoms with Crippen LogP contribution in [0.15, 0.2) is 0 Å². The van der Waals surface area contributed by atoms with Crippen molar-refractivity contribution in [2.75, 3.05) is 6.61 Å². The number of hydrogen-bond donors (Lipinski definition) is 6. The number of aliphatic hydroxyl groups is 1. The van der Waals surface area contributed by atoms with Crippen LogP contribution in [0.4, 0.5) is 0 Å². The van der Waals surface area contributed by atoms with Crippen LogP contribution in [-0.2, 0) is 19.2 Å². The van der Waals surface area contributed by atoms with Crippen LogP contribution in [0.2, 0.25) is 0 Å². The Labute approximate surface area is 152 Å². The lowest BCUT2D eigenvalue weighted by Gasteiger charge is -2.26. The Kier molecular flexibility index (Phi) is 9.81. The van der Waals surface area contributed by atoms with E-state index in [-0.39, 0.29) is 11.8 Å². The molecule has 0 bridgehead atoms. The highest BCUT2D eigenvalue weighted by atomic mass is 16.4. The topological polar surface area (TPSA) is 171 Å². The molecule has 0 aromatic rings. The lowest BCUT2D eigenvalue weighted by Crippen LogP contribution is -2.58. The van der Waals surface area contributed by atoms with Crippen LogP contribution in [0.1, 0.15) is 34.6 Å². The summed E-state index contributed by atoms with van der Waals surface area (Å²) in [5.41, 5.74) is 5.36. The summed E-state index contributed by atoms with van der Waals surface area (Å²) in [6, 6.07) is -4.21. The third-order valence-corrected chi connectivity index (χ3v) is 3.76. The quantitative estimate of drug-likeness (QED) is 0.261. The fourth-order valence-electron chi connectivity index (χ4n) is 2.04. The molecule has 10 nitrogen and oxygen atoms in total. The molecule has 0 aliphatic carbocycles. The minimum absolute atomic E-state index is 0.317. The van der Waals surface area contributed by atoms with Crippen molar-refractivity contribution in [2.24, 2.45) is 17.6 Å². The van der Waals surface area contributed by atoms with Gasteiger partial charge in [-0.05, 0) is 18.8 Å². The van der Waals surface area contributed by atoms with Gasteiger partial charge in [-0.15, -0.1) is 0 Å². The van der Waals surface area contributed by atoms with E-state index in [9.17, 15) is 24.3 Å². The summed E-state index contributed by atoms with van der Waals surface area (Å²) in [5, 5.41) is 25.3. The number of carbonyl (C=O) groups is 4. The molecule has 10 heteroatoms. The second kappa shape index (κ2) is 10.7. The van der Waals surface area contributed by atoms with E-state index in [1.165, 1.54) is 6.92 Å². The third kappa shape index (κ3) is 7.36. The van der Waals surface area contributed by atoms with E-state index in [1.807, 2.05) is 0 Å². The molecule has 0 saturated carbocycles. The van der Waals surface area contributed by atoms with E-state index in [0.29, 0.717) is 0 Å². The molecule has 0 saturated heterocycles. The molecule has 150 valence electrons. The zero-order valence-electron chi connectivity index (χ0n) is 15.8. The van der Waals surface area contributed by atoms with E-state index in [0.717, 1.165) is 0 Å². The van der Waals surface area contributed by atoms with Crippen LogP contribution in [0.3, 0.4) is 0 Å². The van der Waals surface area contributed by atoms with Crippen molar-refractivity contribution in [2.45, 2.75) is 58.8 Å². The standard InChI is InChI=1S/C16H30N4O6/c1-7(2)11(15(24)20-12(8(3)4)16(25)26)19-13(22)9(5)18-14(23)10(17)6-21/h7-12,21H,6,17H2,1-5H3,(H,18,23)(H,19,22)(H,20,24)(H,25,26). The van der Waals surface area contributed by atoms with Crippen LogP contribution < -0.4 is 21.7 Å². The molecule has 7 N–H and O–H groups in total. The van der Waals surface area contributed by atoms with Crippen molar-refractivity contribution < 1.29 is 29.4 Å². The summed E-state index contributed by atoms with van der Waals surface area (Å²) in [4.78, 5) is 47.5. The SMILES string of the molecule is CC(NC(=O)C(N)CO)C(=O)NC(C(=O)NC(C(=O)O)C(C)C)C(C)C. The van der Waals surface area contributed by atoms with Gasteiger partial charge in [0.1, 0.15) is 24.2 Å². The fraction of sp³-hybridized carbons (Fsp3) is 0.750. The van der Waals surface area contributed by atoms with E-state index in [4.69, 9.17) is 10.8 Å². The van der Waals surface area contributed by atoms with Gasteiger partial charge in [-0.3, -0.25) is 14.4 Å². The maximum Gasteiger partial charge on any atom is 0.326 e. The van der Waals surface area contributed by atoms with Crippen molar-refractivity contribution in [3.63, 3.8) is 0 Å². The first-order chi connectivity index (χ1) is 11.9. The highest BCUT2D eigenvalue weighted by Crippen LogP contribution is 2.07. The molecule has 0 aliphatic rings. The van der Waals surface area contributed by atoms with E-state index in [2.05, 4.69) is 16.0 Å². The summed E-state index contributed by atoms with van der Waals surface area (Å²) in [5.74, 6) is -3.78. The van der Waals surface area contributed by atoms with Crippen LogP contribution in [0.5, 0.6) is 0 Å². The second-order valence-electron chi connectivity index (χ2n) is 6.82. The number of amides is 3. The number of hydrogen-bond acceptors (Lipinski definition) is 6. The Morgan fingerprint density at radius 1 is 0.808 bits per heavy atom. The summed E-state index contributed by atoms with van der Waals surface area (Å²) >= 11 is 0. The van der Waals surface area contributed by atoms with Crippen molar-refractivity contribution in [1.82, 2.24) is 16.0 Å². The zero-order chi connectivity index (χ0) is 20.6. The molecule has 0 rings (SSSR count). The predicted octanol–water partition coefficient (Wildman–Crippen LogP) is -1.82. The van der Waals surface area contributed by atoms with Crippen LogP contribution in [-0.4, -0.2) is 64.7 Å². The molecule has 4 atom stereocenters. The number of nitrogens with two attached hydrogens (primary N) is 1. The number of aliphatic hydroxyl groups excluding tert-OH is 1. The third-order valence-electron chi connectivity index (χ3n) is 3.76. The Hall–Kier alpha value is -2.20. The molecule has 0 spiro atoms. The Morgan fingerprint density at radius 3 is 1.65 bits per heavy atom. The van der Waals surface area contributed by atoms with Gasteiger partial charge < -0.3 is 31.9 Å². The van der Waals surface area contributed by atoms with E-state index in [1.54, 1.807) is 27.7 Å². The van der Waals surface area contributed by atoms with E-state index < -0.39 is 54.5 Å². The lowest BCUT2D eigenvalue weighted by atomic mass is 10.00. The number of carboxylic acids is 1. The molecule has 0 heterocycles. The maximum absolute atomic E-state index is 12.4. The molecule has 0 aromatic heterocycles. The number of carbonyl (C=O) groups excluding carboxylic acids is 3. The van der Waals surface area contributed by atoms with Crippen LogP contribution >= 0.6 is 0 Å². The molecule has 4 unspecified atom stereocenters. The molecule has 0 aliphatic heterocycles. The summed E-state index contributed by atoms with van der Waals surface area (Å²) in [7, 11) is 0. The highest BCUT2D eigenvalue weighted by Gasteiger charge is 2.31. The number of aliphatic carboxylic acids is 1. The van der Waals surface area contributed by atoms with Gasteiger partial charge in [0.25, 0.3) is 0 Å². The number of nitrogens with one attached hydrogen (secondary N) is 3. The predicted molar refractivity (Wildman–Crippen MR) is 93.8 cm³/mol. The maximum atomic E-state index is 12.4. The zero-order valence-corrected chi connectivity index (χ0v) is 15.8. The first-order valence-corrected chi connectivity index (χ1v) is 8.42. The Bertz CT molecular complexity index is 523. The van der Waals surface area contributed by atoms with Gasteiger partial charge in [-0.2, -0.15) is 0 Å². The molecule has 0 aromatic carbocycles. The lowest BCUT2D eigenvalue weighted by molar-refractivity contribution is -0.143. The van der Waals surface area contributed by atoms with Gasteiger partial charge in [0, 0.05) is 0 Å². The average Bonchev–Trinajstić information content (AvgIpc) is 2.54. The number of rotatable bonds is 10. The largest absolute Gasteiger partial charge is 0.480 e. The van der Waals surface area contributed by atoms with Crippen molar-refractivity contribution in [3.8, 4) is 0 Å². The molecular weight excluding hydrogens is 344 g/mol. The normalized spacial score (nSPS) is 15.7. The van der Waals surface area contributed by atoms with Gasteiger partial charge in [-0.1, -0.05) is 27.7 Å². The minimum Gasteiger partial charge on any atom is -0.480 e. The molecule has 0 fully saturated rings. The fourth-order valence-corrected chi connectivity index (χ4v) is 2.04. The number of carboxylic acid groups (broad SMARTS) is 1. The highest BCUT2D eigenvalue weighted by molar-refractivity contribution is 5.94. The van der Waals surface area contributed by atoms with Crippen LogP contribution in [0, 0.1) is 11.8 Å².